The molecule has 4 rings (SSSR count). The Bertz CT molecular complexity index is 1360. The fraction of sp³-hybridized carbons (Fsp3) is 0.167. The number of nitrogens with one attached hydrogen (secondary N) is 2. The van der Waals surface area contributed by atoms with Gasteiger partial charge in [0.25, 0.3) is 5.56 Å². The first-order chi connectivity index (χ1) is 15.3. The smallest absolute Gasteiger partial charge is 0.260 e. The molecule has 1 amide bonds. The summed E-state index contributed by atoms with van der Waals surface area (Å²) < 4.78 is 0. The Morgan fingerprint density at radius 3 is 2.44 bits per heavy atom. The van der Waals surface area contributed by atoms with Crippen LogP contribution < -0.4 is 10.9 Å². The molecule has 162 valence electrons. The number of nitrogens with zero attached hydrogens (tertiary/aromatic N) is 1. The lowest BCUT2D eigenvalue weighted by molar-refractivity contribution is -0.114. The highest BCUT2D eigenvalue weighted by molar-refractivity contribution is 8.00. The number of aromatic amines is 1. The van der Waals surface area contributed by atoms with Crippen LogP contribution in [0.5, 0.6) is 0 Å². The van der Waals surface area contributed by atoms with E-state index in [2.05, 4.69) is 15.3 Å². The van der Waals surface area contributed by atoms with Crippen LogP contribution in [0, 0.1) is 6.92 Å². The number of rotatable bonds is 6. The second-order valence-electron chi connectivity index (χ2n) is 7.45. The third kappa shape index (κ3) is 4.66. The van der Waals surface area contributed by atoms with Crippen molar-refractivity contribution in [1.29, 1.82) is 0 Å². The summed E-state index contributed by atoms with van der Waals surface area (Å²) in [6.07, 6.45) is 0. The molecule has 6 nitrogen and oxygen atoms in total. The summed E-state index contributed by atoms with van der Waals surface area (Å²) in [6.45, 7) is 5.23. The number of aryl methyl sites for hydroxylation is 1. The van der Waals surface area contributed by atoms with Crippen LogP contribution in [0.4, 0.5) is 5.69 Å². The Balaban J connectivity index is 1.55. The number of benzene rings is 2. The fourth-order valence-corrected chi connectivity index (χ4v) is 5.19. The second kappa shape index (κ2) is 9.10. The number of hydrogen-bond donors (Lipinski definition) is 2. The number of fused-ring (bicyclic) bond motifs is 1. The minimum atomic E-state index is -0.446. The molecule has 8 heteroatoms. The highest BCUT2D eigenvalue weighted by atomic mass is 32.2. The molecule has 1 atom stereocenters. The number of Topliss-reactive ketones (excluding diaryl/α,β-unsaturated/α-hetero) is 1. The molecule has 0 aliphatic heterocycles. The normalized spacial score (nSPS) is 12.0. The summed E-state index contributed by atoms with van der Waals surface area (Å²) in [7, 11) is 0. The van der Waals surface area contributed by atoms with Gasteiger partial charge in [-0.25, -0.2) is 4.98 Å². The molecule has 0 saturated carbocycles. The molecule has 0 saturated heterocycles. The first kappa shape index (κ1) is 22.0. The number of ketones is 1. The van der Waals surface area contributed by atoms with Gasteiger partial charge >= 0.3 is 0 Å². The Morgan fingerprint density at radius 2 is 1.78 bits per heavy atom. The summed E-state index contributed by atoms with van der Waals surface area (Å²) in [4.78, 5) is 44.9. The molecule has 0 aliphatic carbocycles. The van der Waals surface area contributed by atoms with Gasteiger partial charge in [-0.2, -0.15) is 0 Å². The topological polar surface area (TPSA) is 91.9 Å². The maximum absolute atomic E-state index is 12.8. The van der Waals surface area contributed by atoms with Gasteiger partial charge in [0.1, 0.15) is 4.83 Å². The van der Waals surface area contributed by atoms with Crippen molar-refractivity contribution in [2.45, 2.75) is 31.2 Å². The molecule has 0 fully saturated rings. The fourth-order valence-electron chi connectivity index (χ4n) is 3.31. The van der Waals surface area contributed by atoms with E-state index in [4.69, 9.17) is 0 Å². The number of carbonyl (C=O) groups excluding carboxylic acids is 2. The lowest BCUT2D eigenvalue weighted by Gasteiger charge is -2.10. The first-order valence-corrected chi connectivity index (χ1v) is 11.7. The summed E-state index contributed by atoms with van der Waals surface area (Å²) in [5, 5.41) is 5.15. The molecule has 2 aromatic carbocycles. The van der Waals surface area contributed by atoms with Crippen LogP contribution in [-0.2, 0) is 4.79 Å². The summed E-state index contributed by atoms with van der Waals surface area (Å²) in [5.41, 5.74) is 3.93. The summed E-state index contributed by atoms with van der Waals surface area (Å²) >= 11 is 2.63. The van der Waals surface area contributed by atoms with E-state index in [-0.39, 0.29) is 17.2 Å². The molecule has 1 unspecified atom stereocenters. The van der Waals surface area contributed by atoms with Crippen molar-refractivity contribution in [2.75, 3.05) is 5.32 Å². The van der Waals surface area contributed by atoms with Gasteiger partial charge in [0.15, 0.2) is 10.9 Å². The summed E-state index contributed by atoms with van der Waals surface area (Å²) in [6, 6.07) is 14.8. The average molecular weight is 464 g/mol. The van der Waals surface area contributed by atoms with Crippen LogP contribution >= 0.6 is 23.1 Å². The van der Waals surface area contributed by atoms with Gasteiger partial charge in [-0.15, -0.1) is 11.3 Å². The lowest BCUT2D eigenvalue weighted by atomic mass is 10.1. The number of H-pyrrole nitrogens is 1. The molecule has 2 N–H and O–H groups in total. The Kier molecular flexibility index (Phi) is 6.25. The molecule has 0 bridgehead atoms. The molecule has 4 aromatic rings. The quantitative estimate of drug-likeness (QED) is 0.231. The van der Waals surface area contributed by atoms with Gasteiger partial charge in [0, 0.05) is 29.1 Å². The van der Waals surface area contributed by atoms with Gasteiger partial charge in [-0.1, -0.05) is 41.6 Å². The van der Waals surface area contributed by atoms with Crippen molar-refractivity contribution in [3.05, 3.63) is 75.4 Å². The standard InChI is InChI=1S/C24H21N3O3S2/c1-13-4-6-16(7-5-13)19-12-31-23-20(19)22(30)26-24(27-23)32-14(2)21(29)17-8-10-18(11-9-17)25-15(3)28/h4-12,14H,1-3H3,(H,25,28)(H,26,27,30). The zero-order chi connectivity index (χ0) is 22.8. The summed E-state index contributed by atoms with van der Waals surface area (Å²) in [5.74, 6) is -0.254. The molecule has 2 aromatic heterocycles. The van der Waals surface area contributed by atoms with Crippen molar-refractivity contribution in [3.8, 4) is 11.1 Å². The lowest BCUT2D eigenvalue weighted by Crippen LogP contribution is -2.16. The molecule has 0 spiro atoms. The number of hydrogen-bond acceptors (Lipinski definition) is 6. The third-order valence-corrected chi connectivity index (χ3v) is 6.79. The first-order valence-electron chi connectivity index (χ1n) is 9.99. The number of amides is 1. The van der Waals surface area contributed by atoms with E-state index in [9.17, 15) is 14.4 Å². The van der Waals surface area contributed by atoms with E-state index >= 15 is 0 Å². The third-order valence-electron chi connectivity index (χ3n) is 4.93. The van der Waals surface area contributed by atoms with Gasteiger partial charge in [0.2, 0.25) is 5.91 Å². The maximum atomic E-state index is 12.8. The van der Waals surface area contributed by atoms with Crippen molar-refractivity contribution in [1.82, 2.24) is 9.97 Å². The molecule has 32 heavy (non-hydrogen) atoms. The molecular weight excluding hydrogens is 442 g/mol. The van der Waals surface area contributed by atoms with E-state index in [0.29, 0.717) is 26.6 Å². The van der Waals surface area contributed by atoms with E-state index in [1.807, 2.05) is 36.6 Å². The molecule has 2 heterocycles. The van der Waals surface area contributed by atoms with Crippen molar-refractivity contribution in [3.63, 3.8) is 0 Å². The van der Waals surface area contributed by atoms with Crippen LogP contribution in [-0.4, -0.2) is 26.9 Å². The highest BCUT2D eigenvalue weighted by Crippen LogP contribution is 2.32. The Morgan fingerprint density at radius 1 is 1.09 bits per heavy atom. The van der Waals surface area contributed by atoms with E-state index in [1.54, 1.807) is 31.2 Å². The van der Waals surface area contributed by atoms with Crippen LogP contribution in [0.25, 0.3) is 21.3 Å². The largest absolute Gasteiger partial charge is 0.326 e. The minimum absolute atomic E-state index is 0.0846. The Hall–Kier alpha value is -3.23. The number of carbonyl (C=O) groups is 2. The van der Waals surface area contributed by atoms with Gasteiger partial charge in [-0.3, -0.25) is 14.4 Å². The van der Waals surface area contributed by atoms with Gasteiger partial charge in [0.05, 0.1) is 10.6 Å². The number of anilines is 1. The molecular formula is C24H21N3O3S2. The monoisotopic (exact) mass is 463 g/mol. The average Bonchev–Trinajstić information content (AvgIpc) is 3.18. The van der Waals surface area contributed by atoms with Crippen LogP contribution in [0.15, 0.2) is 63.9 Å². The number of thioether (sulfide) groups is 1. The zero-order valence-corrected chi connectivity index (χ0v) is 19.4. The minimum Gasteiger partial charge on any atom is -0.326 e. The van der Waals surface area contributed by atoms with Gasteiger partial charge < -0.3 is 10.3 Å². The SMILES string of the molecule is CC(=O)Nc1ccc(C(=O)C(C)Sc2nc3scc(-c4ccc(C)cc4)c3c(=O)[nH]2)cc1. The number of aromatic nitrogens is 2. The molecule has 0 aliphatic rings. The maximum Gasteiger partial charge on any atom is 0.260 e. The van der Waals surface area contributed by atoms with Crippen LogP contribution in [0.2, 0.25) is 0 Å². The highest BCUT2D eigenvalue weighted by Gasteiger charge is 2.20. The predicted octanol–water partition coefficient (Wildman–Crippen LogP) is 5.28. The van der Waals surface area contributed by atoms with E-state index in [1.165, 1.54) is 30.0 Å². The number of thiophene rings is 1. The van der Waals surface area contributed by atoms with Crippen LogP contribution in [0.1, 0.15) is 29.8 Å². The van der Waals surface area contributed by atoms with Crippen molar-refractivity contribution >= 4 is 50.7 Å². The zero-order valence-electron chi connectivity index (χ0n) is 17.8. The van der Waals surface area contributed by atoms with Crippen molar-refractivity contribution < 1.29 is 9.59 Å². The Labute approximate surface area is 193 Å². The van der Waals surface area contributed by atoms with Crippen LogP contribution in [0.3, 0.4) is 0 Å². The van der Waals surface area contributed by atoms with E-state index < -0.39 is 5.25 Å². The van der Waals surface area contributed by atoms with Crippen molar-refractivity contribution in [2.24, 2.45) is 0 Å². The second-order valence-corrected chi connectivity index (χ2v) is 9.64. The molecule has 0 radical (unpaired) electrons. The van der Waals surface area contributed by atoms with E-state index in [0.717, 1.165) is 16.7 Å². The van der Waals surface area contributed by atoms with Gasteiger partial charge in [-0.05, 0) is 43.7 Å². The predicted molar refractivity (Wildman–Crippen MR) is 131 cm³/mol.